The molecule has 1 aliphatic heterocycles. The fraction of sp³-hybridized carbons (Fsp3) is 0.233. The van der Waals surface area contributed by atoms with Gasteiger partial charge in [-0.2, -0.15) is 4.98 Å². The number of aromatic nitrogens is 3. The summed E-state index contributed by atoms with van der Waals surface area (Å²) in [6.07, 6.45) is 1.01. The highest BCUT2D eigenvalue weighted by Crippen LogP contribution is 2.38. The van der Waals surface area contributed by atoms with Gasteiger partial charge in [0.2, 0.25) is 11.1 Å². The zero-order chi connectivity index (χ0) is 27.2. The number of benzene rings is 3. The van der Waals surface area contributed by atoms with E-state index in [2.05, 4.69) is 17.6 Å². The number of rotatable bonds is 10. The van der Waals surface area contributed by atoms with Crippen LogP contribution in [-0.2, 0) is 4.79 Å². The van der Waals surface area contributed by atoms with Crippen molar-refractivity contribution in [1.82, 2.24) is 14.8 Å². The van der Waals surface area contributed by atoms with E-state index in [1.165, 1.54) is 0 Å². The number of anilines is 2. The van der Waals surface area contributed by atoms with Gasteiger partial charge in [0.1, 0.15) is 23.3 Å². The minimum absolute atomic E-state index is 0.254. The van der Waals surface area contributed by atoms with Crippen molar-refractivity contribution in [3.63, 3.8) is 0 Å². The summed E-state index contributed by atoms with van der Waals surface area (Å²) < 4.78 is 13.6. The molecule has 1 atom stereocenters. The smallest absolute Gasteiger partial charge is 0.255 e. The van der Waals surface area contributed by atoms with Crippen LogP contribution in [-0.4, -0.2) is 33.0 Å². The van der Waals surface area contributed by atoms with E-state index in [0.717, 1.165) is 23.5 Å². The monoisotopic (exact) mass is 541 g/mol. The summed E-state index contributed by atoms with van der Waals surface area (Å²) in [6, 6.07) is 24.3. The van der Waals surface area contributed by atoms with Crippen LogP contribution >= 0.6 is 11.8 Å². The van der Waals surface area contributed by atoms with Crippen LogP contribution in [0.25, 0.3) is 0 Å². The first-order chi connectivity index (χ1) is 19.1. The van der Waals surface area contributed by atoms with Gasteiger partial charge in [-0.05, 0) is 62.2 Å². The van der Waals surface area contributed by atoms with Crippen molar-refractivity contribution in [2.75, 3.05) is 23.0 Å². The number of amides is 1. The van der Waals surface area contributed by atoms with E-state index < -0.39 is 6.04 Å². The number of carbonyl (C=O) groups excluding carboxylic acids is 1. The first kappa shape index (κ1) is 26.4. The van der Waals surface area contributed by atoms with Crippen molar-refractivity contribution < 1.29 is 14.3 Å². The molecule has 2 N–H and O–H groups in total. The Kier molecular flexibility index (Phi) is 8.17. The van der Waals surface area contributed by atoms with Crippen LogP contribution in [0.5, 0.6) is 17.2 Å². The Labute approximate surface area is 232 Å². The molecule has 4 aromatic rings. The number of fused-ring (bicyclic) bond motifs is 1. The lowest BCUT2D eigenvalue weighted by atomic mass is 9.94. The molecule has 9 heteroatoms. The Hall–Kier alpha value is -4.24. The maximum absolute atomic E-state index is 13.9. The molecule has 1 aromatic heterocycles. The van der Waals surface area contributed by atoms with Gasteiger partial charge in [-0.25, -0.2) is 4.68 Å². The molecule has 1 aliphatic rings. The zero-order valence-electron chi connectivity index (χ0n) is 22.2. The number of nitrogens with one attached hydrogen (secondary N) is 2. The van der Waals surface area contributed by atoms with E-state index in [4.69, 9.17) is 19.6 Å². The van der Waals surface area contributed by atoms with Crippen molar-refractivity contribution >= 4 is 29.3 Å². The van der Waals surface area contributed by atoms with E-state index in [-0.39, 0.29) is 5.91 Å². The van der Waals surface area contributed by atoms with E-state index in [0.29, 0.717) is 46.2 Å². The Morgan fingerprint density at radius 1 is 1.03 bits per heavy atom. The molecule has 5 rings (SSSR count). The van der Waals surface area contributed by atoms with Gasteiger partial charge in [0, 0.05) is 11.4 Å². The maximum Gasteiger partial charge on any atom is 0.255 e. The molecular formula is C30H31N5O3S. The summed E-state index contributed by atoms with van der Waals surface area (Å²) in [5.41, 5.74) is 2.69. The quantitative estimate of drug-likeness (QED) is 0.211. The summed E-state index contributed by atoms with van der Waals surface area (Å²) in [4.78, 5) is 18.6. The van der Waals surface area contributed by atoms with Crippen LogP contribution in [0.15, 0.2) is 95.3 Å². The molecule has 1 amide bonds. The molecule has 8 nitrogen and oxygen atoms in total. The number of hydrogen-bond acceptors (Lipinski definition) is 7. The van der Waals surface area contributed by atoms with Crippen LogP contribution in [0.2, 0.25) is 0 Å². The summed E-state index contributed by atoms with van der Waals surface area (Å²) >= 11 is 1.59. The topological polar surface area (TPSA) is 90.3 Å². The van der Waals surface area contributed by atoms with Crippen LogP contribution in [0.3, 0.4) is 0 Å². The Morgan fingerprint density at radius 2 is 1.79 bits per heavy atom. The third kappa shape index (κ3) is 5.93. The predicted molar refractivity (Wildman–Crippen MR) is 155 cm³/mol. The molecule has 0 bridgehead atoms. The fourth-order valence-corrected chi connectivity index (χ4v) is 5.09. The second-order valence-corrected chi connectivity index (χ2v) is 10.0. The second kappa shape index (κ2) is 12.1. The molecule has 0 radical (unpaired) electrons. The standard InChI is InChI=1S/C30H31N5O3S/c1-4-18-39-30-33-29-31-20(3)26(28(36)32-24-16-9-10-17-25(24)37-5-2)27(35(29)34-30)21-12-11-15-23(19-21)38-22-13-7-6-8-14-22/h6-17,19,27H,4-5,18H2,1-3H3,(H,32,36)(H,31,33,34). The Balaban J connectivity index is 1.54. The molecule has 39 heavy (non-hydrogen) atoms. The summed E-state index contributed by atoms with van der Waals surface area (Å²) in [5.74, 6) is 3.26. The van der Waals surface area contributed by atoms with Crippen LogP contribution in [0, 0.1) is 0 Å². The van der Waals surface area contributed by atoms with Crippen molar-refractivity contribution in [3.8, 4) is 17.2 Å². The molecule has 0 saturated carbocycles. The van der Waals surface area contributed by atoms with E-state index >= 15 is 0 Å². The van der Waals surface area contributed by atoms with E-state index in [1.54, 1.807) is 16.4 Å². The van der Waals surface area contributed by atoms with Gasteiger partial charge >= 0.3 is 0 Å². The van der Waals surface area contributed by atoms with Gasteiger partial charge in [0.05, 0.1) is 17.9 Å². The van der Waals surface area contributed by atoms with Crippen molar-refractivity contribution in [1.29, 1.82) is 0 Å². The first-order valence-electron chi connectivity index (χ1n) is 13.0. The number of allylic oxidation sites excluding steroid dienone is 1. The Morgan fingerprint density at radius 3 is 2.59 bits per heavy atom. The van der Waals surface area contributed by atoms with Crippen LogP contribution in [0.4, 0.5) is 11.6 Å². The average Bonchev–Trinajstić information content (AvgIpc) is 3.35. The lowest BCUT2D eigenvalue weighted by Gasteiger charge is -2.29. The SMILES string of the molecule is CCCSc1nc2n(n1)C(c1cccc(Oc3ccccc3)c1)C(C(=O)Nc1ccccc1OCC)=C(C)N2. The molecule has 0 saturated heterocycles. The summed E-state index contributed by atoms with van der Waals surface area (Å²) in [6.45, 7) is 6.42. The Bertz CT molecular complexity index is 1480. The largest absolute Gasteiger partial charge is 0.492 e. The third-order valence-corrected chi connectivity index (χ3v) is 7.14. The third-order valence-electron chi connectivity index (χ3n) is 6.10. The van der Waals surface area contributed by atoms with Gasteiger partial charge in [-0.15, -0.1) is 5.10 Å². The minimum atomic E-state index is -0.525. The van der Waals surface area contributed by atoms with Crippen LogP contribution < -0.4 is 20.1 Å². The highest BCUT2D eigenvalue weighted by molar-refractivity contribution is 7.99. The highest BCUT2D eigenvalue weighted by atomic mass is 32.2. The number of nitrogens with zero attached hydrogens (tertiary/aromatic N) is 3. The molecule has 3 aromatic carbocycles. The average molecular weight is 542 g/mol. The number of para-hydroxylation sites is 3. The van der Waals surface area contributed by atoms with Gasteiger partial charge in [-0.3, -0.25) is 4.79 Å². The van der Waals surface area contributed by atoms with Gasteiger partial charge in [0.15, 0.2) is 0 Å². The molecule has 2 heterocycles. The van der Waals surface area contributed by atoms with Crippen molar-refractivity contribution in [2.45, 2.75) is 38.4 Å². The van der Waals surface area contributed by atoms with Crippen LogP contribution in [0.1, 0.15) is 38.8 Å². The molecule has 1 unspecified atom stereocenters. The molecule has 0 fully saturated rings. The fourth-order valence-electron chi connectivity index (χ4n) is 4.40. The number of hydrogen-bond donors (Lipinski definition) is 2. The number of thioether (sulfide) groups is 1. The van der Waals surface area contributed by atoms with Gasteiger partial charge in [-0.1, -0.05) is 61.2 Å². The maximum atomic E-state index is 13.9. The molecule has 200 valence electrons. The summed E-state index contributed by atoms with van der Waals surface area (Å²) in [7, 11) is 0. The minimum Gasteiger partial charge on any atom is -0.492 e. The number of carbonyl (C=O) groups is 1. The van der Waals surface area contributed by atoms with Crippen molar-refractivity contribution in [3.05, 3.63) is 95.7 Å². The lowest BCUT2D eigenvalue weighted by Crippen LogP contribution is -2.31. The van der Waals surface area contributed by atoms with E-state index in [1.807, 2.05) is 92.7 Å². The second-order valence-electron chi connectivity index (χ2n) is 8.95. The highest BCUT2D eigenvalue weighted by Gasteiger charge is 2.35. The zero-order valence-corrected chi connectivity index (χ0v) is 23.0. The molecular weight excluding hydrogens is 510 g/mol. The first-order valence-corrected chi connectivity index (χ1v) is 14.0. The number of ether oxygens (including phenoxy) is 2. The predicted octanol–water partition coefficient (Wildman–Crippen LogP) is 6.90. The molecule has 0 aliphatic carbocycles. The van der Waals surface area contributed by atoms with Crippen molar-refractivity contribution in [2.24, 2.45) is 0 Å². The summed E-state index contributed by atoms with van der Waals surface area (Å²) in [5, 5.41) is 11.8. The van der Waals surface area contributed by atoms with E-state index in [9.17, 15) is 4.79 Å². The van der Waals surface area contributed by atoms with Gasteiger partial charge in [0.25, 0.3) is 5.91 Å². The lowest BCUT2D eigenvalue weighted by molar-refractivity contribution is -0.113. The molecule has 0 spiro atoms. The normalized spacial score (nSPS) is 14.4. The van der Waals surface area contributed by atoms with Gasteiger partial charge < -0.3 is 20.1 Å².